The zero-order valence-electron chi connectivity index (χ0n) is 15.3. The highest BCUT2D eigenvalue weighted by molar-refractivity contribution is 5.73. The van der Waals surface area contributed by atoms with E-state index in [2.05, 4.69) is 20.4 Å². The van der Waals surface area contributed by atoms with Crippen LogP contribution in [0.2, 0.25) is 0 Å². The van der Waals surface area contributed by atoms with Crippen molar-refractivity contribution in [1.29, 1.82) is 0 Å². The second-order valence-electron chi connectivity index (χ2n) is 7.05. The van der Waals surface area contributed by atoms with Crippen molar-refractivity contribution in [2.45, 2.75) is 25.2 Å². The summed E-state index contributed by atoms with van der Waals surface area (Å²) in [4.78, 5) is 9.20. The number of rotatable bonds is 5. The smallest absolute Gasteiger partial charge is 0.188 e. The molecule has 2 aliphatic heterocycles. The summed E-state index contributed by atoms with van der Waals surface area (Å²) in [6.45, 7) is 2.78. The lowest BCUT2D eigenvalue weighted by Crippen LogP contribution is -2.62. The maximum absolute atomic E-state index is 13.4. The average Bonchev–Trinajstić information content (AvgIpc) is 2.62. The van der Waals surface area contributed by atoms with Crippen LogP contribution in [0.25, 0.3) is 0 Å². The molecule has 1 unspecified atom stereocenters. The molecule has 0 bridgehead atoms. The van der Waals surface area contributed by atoms with Crippen molar-refractivity contribution in [2.75, 3.05) is 34.2 Å². The molecular formula is C19H28FN5. The van der Waals surface area contributed by atoms with Crippen molar-refractivity contribution in [3.8, 4) is 0 Å². The highest BCUT2D eigenvalue weighted by Gasteiger charge is 2.40. The summed E-state index contributed by atoms with van der Waals surface area (Å²) in [6.07, 6.45) is 5.97. The summed E-state index contributed by atoms with van der Waals surface area (Å²) in [7, 11) is 6.02. The Morgan fingerprint density at radius 1 is 1.36 bits per heavy atom. The first-order valence-electron chi connectivity index (χ1n) is 8.89. The number of aliphatic imine (C=N–C) groups is 1. The van der Waals surface area contributed by atoms with E-state index in [-0.39, 0.29) is 5.82 Å². The van der Waals surface area contributed by atoms with E-state index in [1.807, 2.05) is 39.5 Å². The van der Waals surface area contributed by atoms with Crippen LogP contribution in [0.3, 0.4) is 0 Å². The fourth-order valence-corrected chi connectivity index (χ4v) is 3.70. The van der Waals surface area contributed by atoms with Gasteiger partial charge in [0.15, 0.2) is 5.79 Å². The minimum atomic E-state index is -0.445. The zero-order valence-corrected chi connectivity index (χ0v) is 15.3. The van der Waals surface area contributed by atoms with Gasteiger partial charge in [-0.15, -0.1) is 0 Å². The molecule has 2 aliphatic rings. The fraction of sp³-hybridized carbons (Fsp3) is 0.526. The van der Waals surface area contributed by atoms with Crippen molar-refractivity contribution in [3.05, 3.63) is 47.5 Å². The molecule has 1 aromatic carbocycles. The van der Waals surface area contributed by atoms with Crippen molar-refractivity contribution < 1.29 is 4.39 Å². The van der Waals surface area contributed by atoms with Crippen LogP contribution >= 0.6 is 0 Å². The van der Waals surface area contributed by atoms with Gasteiger partial charge in [-0.25, -0.2) is 4.39 Å². The molecule has 0 amide bonds. The fourth-order valence-electron chi connectivity index (χ4n) is 3.70. The molecule has 0 spiro atoms. The molecule has 0 radical (unpaired) electrons. The number of benzene rings is 1. The quantitative estimate of drug-likeness (QED) is 0.857. The number of hydrogen-bond acceptors (Lipinski definition) is 5. The van der Waals surface area contributed by atoms with Crippen LogP contribution in [0, 0.1) is 11.7 Å². The van der Waals surface area contributed by atoms with Gasteiger partial charge < -0.3 is 10.2 Å². The van der Waals surface area contributed by atoms with Crippen LogP contribution in [-0.4, -0.2) is 56.0 Å². The van der Waals surface area contributed by atoms with E-state index in [0.717, 1.165) is 43.9 Å². The SMILES string of the molecule is CNC1(C2CCN(Cc3cccc(F)c3)CC2)N=CC=C(N(C)C)N1. The van der Waals surface area contributed by atoms with E-state index in [1.54, 1.807) is 12.1 Å². The summed E-state index contributed by atoms with van der Waals surface area (Å²) >= 11 is 0. The van der Waals surface area contributed by atoms with Gasteiger partial charge in [0.1, 0.15) is 11.6 Å². The minimum absolute atomic E-state index is 0.162. The number of piperidine rings is 1. The molecule has 2 N–H and O–H groups in total. The number of halogens is 1. The first kappa shape index (κ1) is 17.9. The predicted octanol–water partition coefficient (Wildman–Crippen LogP) is 1.99. The van der Waals surface area contributed by atoms with Crippen LogP contribution in [0.15, 0.2) is 41.2 Å². The third-order valence-electron chi connectivity index (χ3n) is 5.17. The van der Waals surface area contributed by atoms with Crippen LogP contribution < -0.4 is 10.6 Å². The molecule has 6 heteroatoms. The first-order valence-corrected chi connectivity index (χ1v) is 8.89. The normalized spacial score (nSPS) is 24.7. The maximum atomic E-state index is 13.4. The molecule has 1 saturated heterocycles. The molecule has 0 saturated carbocycles. The standard InChI is InChI=1S/C19H28FN5/c1-21-19(22-10-7-18(23-19)24(2)3)16-8-11-25(12-9-16)14-15-5-4-6-17(20)13-15/h4-7,10,13,16,21,23H,8-9,11-12,14H2,1-3H3. The topological polar surface area (TPSA) is 42.9 Å². The van der Waals surface area contributed by atoms with Crippen LogP contribution in [0.4, 0.5) is 4.39 Å². The first-order chi connectivity index (χ1) is 12.0. The van der Waals surface area contributed by atoms with Gasteiger partial charge in [-0.1, -0.05) is 12.1 Å². The third kappa shape index (κ3) is 4.02. The summed E-state index contributed by atoms with van der Waals surface area (Å²) in [5.41, 5.74) is 1.04. The van der Waals surface area contributed by atoms with E-state index in [9.17, 15) is 4.39 Å². The van der Waals surface area contributed by atoms with Gasteiger partial charge in [-0.2, -0.15) is 0 Å². The van der Waals surface area contributed by atoms with Gasteiger partial charge in [0, 0.05) is 32.8 Å². The summed E-state index contributed by atoms with van der Waals surface area (Å²) in [5.74, 6) is 0.859. The molecule has 3 rings (SSSR count). The monoisotopic (exact) mass is 345 g/mol. The maximum Gasteiger partial charge on any atom is 0.188 e. The number of hydrogen-bond donors (Lipinski definition) is 2. The van der Waals surface area contributed by atoms with E-state index >= 15 is 0 Å². The number of nitrogens with one attached hydrogen (secondary N) is 2. The van der Waals surface area contributed by atoms with Gasteiger partial charge in [0.2, 0.25) is 0 Å². The van der Waals surface area contributed by atoms with Crippen LogP contribution in [-0.2, 0) is 6.54 Å². The van der Waals surface area contributed by atoms with E-state index in [0.29, 0.717) is 5.92 Å². The highest BCUT2D eigenvalue weighted by atomic mass is 19.1. The largest absolute Gasteiger partial charge is 0.364 e. The lowest BCUT2D eigenvalue weighted by molar-refractivity contribution is 0.0895. The van der Waals surface area contributed by atoms with Crippen LogP contribution in [0.1, 0.15) is 18.4 Å². The predicted molar refractivity (Wildman–Crippen MR) is 99.6 cm³/mol. The number of allylic oxidation sites excluding steroid dienone is 1. The van der Waals surface area contributed by atoms with Gasteiger partial charge in [-0.3, -0.25) is 15.2 Å². The summed E-state index contributed by atoms with van der Waals surface area (Å²) in [6, 6.07) is 6.89. The molecule has 1 fully saturated rings. The Morgan fingerprint density at radius 2 is 2.12 bits per heavy atom. The molecule has 1 aromatic rings. The average molecular weight is 345 g/mol. The molecule has 136 valence electrons. The van der Waals surface area contributed by atoms with Gasteiger partial charge in [-0.05, 0) is 56.8 Å². The Labute approximate surface area is 149 Å². The van der Waals surface area contributed by atoms with Crippen molar-refractivity contribution >= 4 is 6.21 Å². The van der Waals surface area contributed by atoms with E-state index in [1.165, 1.54) is 6.07 Å². The molecule has 5 nitrogen and oxygen atoms in total. The number of nitrogens with zero attached hydrogens (tertiary/aromatic N) is 3. The lowest BCUT2D eigenvalue weighted by Gasteiger charge is -2.45. The second-order valence-corrected chi connectivity index (χ2v) is 7.05. The summed E-state index contributed by atoms with van der Waals surface area (Å²) < 4.78 is 13.4. The Hall–Kier alpha value is -1.92. The zero-order chi connectivity index (χ0) is 17.9. The molecular weight excluding hydrogens is 317 g/mol. The van der Waals surface area contributed by atoms with Gasteiger partial charge in [0.05, 0.1) is 0 Å². The molecule has 0 aliphatic carbocycles. The molecule has 25 heavy (non-hydrogen) atoms. The third-order valence-corrected chi connectivity index (χ3v) is 5.17. The molecule has 0 aromatic heterocycles. The highest BCUT2D eigenvalue weighted by Crippen LogP contribution is 2.30. The van der Waals surface area contributed by atoms with Gasteiger partial charge >= 0.3 is 0 Å². The van der Waals surface area contributed by atoms with Crippen molar-refractivity contribution in [2.24, 2.45) is 10.9 Å². The Morgan fingerprint density at radius 3 is 2.76 bits per heavy atom. The Bertz CT molecular complexity index is 649. The van der Waals surface area contributed by atoms with Crippen molar-refractivity contribution in [1.82, 2.24) is 20.4 Å². The van der Waals surface area contributed by atoms with E-state index < -0.39 is 5.79 Å². The Kier molecular flexibility index (Phi) is 5.39. The number of likely N-dealkylation sites (tertiary alicyclic amines) is 1. The second kappa shape index (κ2) is 7.54. The molecule has 1 atom stereocenters. The minimum Gasteiger partial charge on any atom is -0.364 e. The van der Waals surface area contributed by atoms with E-state index in [4.69, 9.17) is 4.99 Å². The van der Waals surface area contributed by atoms with Gasteiger partial charge in [0.25, 0.3) is 0 Å². The Balaban J connectivity index is 1.61. The summed E-state index contributed by atoms with van der Waals surface area (Å²) in [5, 5.41) is 6.97. The lowest BCUT2D eigenvalue weighted by atomic mass is 9.88. The van der Waals surface area contributed by atoms with Crippen molar-refractivity contribution in [3.63, 3.8) is 0 Å². The molecule has 2 heterocycles. The van der Waals surface area contributed by atoms with Crippen LogP contribution in [0.5, 0.6) is 0 Å².